The van der Waals surface area contributed by atoms with Crippen LogP contribution in [-0.4, -0.2) is 4.21 Å². The summed E-state index contributed by atoms with van der Waals surface area (Å²) in [6, 6.07) is 0. The van der Waals surface area contributed by atoms with Crippen LogP contribution in [0.3, 0.4) is 0 Å². The minimum atomic E-state index is -3.72. The molecule has 0 rings (SSSR count). The maximum absolute atomic E-state index is 9.29. The molecule has 0 aromatic heterocycles. The Balaban J connectivity index is -0.0000000491. The molecule has 76 valence electrons. The van der Waals surface area contributed by atoms with Crippen LogP contribution in [0.25, 0.3) is 0 Å². The molecule has 5 nitrogen and oxygen atoms in total. The molecule has 0 aliphatic heterocycles. The van der Waals surface area contributed by atoms with Gasteiger partial charge < -0.3 is 55.5 Å². The first-order valence-electron chi connectivity index (χ1n) is 1.63. The van der Waals surface area contributed by atoms with Gasteiger partial charge in [-0.2, -0.15) is 27.8 Å². The SMILES string of the molecule is O=S.[Mo+6].[O-]P([O-])(=S)[S-].[O-]P([O-])(=S)[S-]. The van der Waals surface area contributed by atoms with Crippen molar-refractivity contribution in [2.75, 3.05) is 0 Å². The second-order valence-electron chi connectivity index (χ2n) is 0.894. The van der Waals surface area contributed by atoms with Crippen molar-refractivity contribution >= 4 is 72.0 Å². The molecule has 0 radical (unpaired) electrons. The van der Waals surface area contributed by atoms with E-state index in [4.69, 9.17) is 4.21 Å². The Kier molecular flexibility index (Phi) is 23.9. The maximum Gasteiger partial charge on any atom is 6.00 e. The Labute approximate surface area is 116 Å². The van der Waals surface area contributed by atoms with E-state index in [-0.39, 0.29) is 21.1 Å². The molecular weight excluding hydrogens is 398 g/mol. The van der Waals surface area contributed by atoms with Crippen LogP contribution >= 0.6 is 11.4 Å². The van der Waals surface area contributed by atoms with Crippen LogP contribution in [0, 0.1) is 0 Å². The molecule has 0 amide bonds. The van der Waals surface area contributed by atoms with Gasteiger partial charge in [0.1, 0.15) is 0 Å². The van der Waals surface area contributed by atoms with E-state index in [9.17, 15) is 19.6 Å². The van der Waals surface area contributed by atoms with Crippen molar-refractivity contribution in [3.05, 3.63) is 0 Å². The van der Waals surface area contributed by atoms with Crippen LogP contribution in [0.5, 0.6) is 0 Å². The van der Waals surface area contributed by atoms with Gasteiger partial charge in [-0.3, -0.25) is 0 Å². The largest absolute Gasteiger partial charge is 6.00 e. The minimum Gasteiger partial charge on any atom is -0.850 e. The van der Waals surface area contributed by atoms with E-state index in [1.54, 1.807) is 0 Å². The maximum atomic E-state index is 9.29. The van der Waals surface area contributed by atoms with Gasteiger partial charge in [0.15, 0.2) is 12.5 Å². The predicted octanol–water partition coefficient (Wildman–Crippen LogP) is -3.38. The summed E-state index contributed by atoms with van der Waals surface area (Å²) in [5, 5.41) is 0. The Morgan fingerprint density at radius 2 is 0.846 bits per heavy atom. The molecule has 13 heteroatoms. The third kappa shape index (κ3) is 353. The fourth-order valence-corrected chi connectivity index (χ4v) is 0. The number of rotatable bonds is 0. The van der Waals surface area contributed by atoms with E-state index >= 15 is 0 Å². The Morgan fingerprint density at radius 1 is 0.846 bits per heavy atom. The average Bonchev–Trinajstić information content (AvgIpc) is 1.59. The van der Waals surface area contributed by atoms with E-state index in [0.29, 0.717) is 0 Å². The molecule has 0 aromatic carbocycles. The number of hydrogen-bond donors (Lipinski definition) is 0. The van der Waals surface area contributed by atoms with E-state index in [1.807, 2.05) is 0 Å². The van der Waals surface area contributed by atoms with E-state index in [0.717, 1.165) is 0 Å². The topological polar surface area (TPSA) is 109 Å². The van der Waals surface area contributed by atoms with Crippen molar-refractivity contribution in [2.45, 2.75) is 0 Å². The molecule has 0 unspecified atom stereocenters. The Bertz CT molecular complexity index is 147. The molecule has 0 spiro atoms. The van der Waals surface area contributed by atoms with Gasteiger partial charge in [0.2, 0.25) is 0 Å². The fraction of sp³-hybridized carbons (Fsp3) is 0. The molecule has 13 heavy (non-hydrogen) atoms. The third-order valence-electron chi connectivity index (χ3n) is 0. The predicted molar refractivity (Wildman–Crippen MR) is 51.4 cm³/mol. The van der Waals surface area contributed by atoms with E-state index < -0.39 is 11.4 Å². The first-order valence-corrected chi connectivity index (χ1v) is 9.26. The van der Waals surface area contributed by atoms with Gasteiger partial charge >= 0.3 is 21.1 Å². The van der Waals surface area contributed by atoms with Crippen molar-refractivity contribution < 1.29 is 44.8 Å². The van der Waals surface area contributed by atoms with Crippen molar-refractivity contribution in [2.24, 2.45) is 0 Å². The van der Waals surface area contributed by atoms with E-state index in [2.05, 4.69) is 60.6 Å². The normalized spacial score (nSPS) is 9.38. The fourth-order valence-electron chi connectivity index (χ4n) is 0. The molecule has 0 saturated heterocycles. The van der Waals surface area contributed by atoms with Crippen LogP contribution < -0.4 is 19.6 Å². The van der Waals surface area contributed by atoms with Crippen LogP contribution in [0.2, 0.25) is 0 Å². The second-order valence-corrected chi connectivity index (χ2v) is 9.84. The third-order valence-corrected chi connectivity index (χ3v) is 0. The van der Waals surface area contributed by atoms with Crippen molar-refractivity contribution in [1.29, 1.82) is 0 Å². The smallest absolute Gasteiger partial charge is 0.850 e. The van der Waals surface area contributed by atoms with Crippen molar-refractivity contribution in [3.63, 3.8) is 0 Å². The first-order chi connectivity index (χ1) is 5.00. The van der Waals surface area contributed by atoms with Gasteiger partial charge in [0, 0.05) is 0 Å². The molecule has 0 heterocycles. The summed E-state index contributed by atoms with van der Waals surface area (Å²) < 4.78 is 7.83. The van der Waals surface area contributed by atoms with Gasteiger partial charge in [-0.25, -0.2) is 0 Å². The zero-order chi connectivity index (χ0) is 11.0. The number of hydrogen-bond acceptors (Lipinski definition) is 10. The molecule has 0 fully saturated rings. The molecular formula is MoO5P2S5. The Hall–Kier alpha value is 2.55. The summed E-state index contributed by atoms with van der Waals surface area (Å²) in [4.78, 5) is 37.2. The summed E-state index contributed by atoms with van der Waals surface area (Å²) in [5.74, 6) is 0. The van der Waals surface area contributed by atoms with E-state index in [1.165, 1.54) is 0 Å². The summed E-state index contributed by atoms with van der Waals surface area (Å²) in [6.07, 6.45) is 0. The molecule has 0 aromatic rings. The van der Waals surface area contributed by atoms with Gasteiger partial charge in [0.05, 0.1) is 0 Å². The molecule has 0 saturated carbocycles. The first kappa shape index (κ1) is 24.7. The average molecular weight is 398 g/mol. The summed E-state index contributed by atoms with van der Waals surface area (Å²) in [7, 11) is 0. The molecule has 0 aliphatic carbocycles. The molecule has 0 N–H and O–H groups in total. The van der Waals surface area contributed by atoms with Crippen molar-refractivity contribution in [1.82, 2.24) is 0 Å². The standard InChI is InChI=1S/Mo.2H3O2PS2.OS/c;2*1-3(2,4)5;1-2/h;2*(H3,1,2,4,5);/q+6;;;/p-6. The Morgan fingerprint density at radius 3 is 0.846 bits per heavy atom. The summed E-state index contributed by atoms with van der Waals surface area (Å²) >= 11 is 17.4. The van der Waals surface area contributed by atoms with Crippen LogP contribution in [0.15, 0.2) is 0 Å². The molecule has 0 atom stereocenters. The van der Waals surface area contributed by atoms with Gasteiger partial charge in [-0.1, -0.05) is 0 Å². The van der Waals surface area contributed by atoms with Gasteiger partial charge in [-0.15, -0.1) is 0 Å². The van der Waals surface area contributed by atoms with Gasteiger partial charge in [0.25, 0.3) is 0 Å². The molecule has 0 aliphatic rings. The van der Waals surface area contributed by atoms with Crippen LogP contribution in [0.1, 0.15) is 0 Å². The summed E-state index contributed by atoms with van der Waals surface area (Å²) in [6.45, 7) is 0. The second kappa shape index (κ2) is 12.6. The molecule has 0 bridgehead atoms. The monoisotopic (exact) mass is 400 g/mol. The van der Waals surface area contributed by atoms with Crippen molar-refractivity contribution in [3.8, 4) is 0 Å². The van der Waals surface area contributed by atoms with Gasteiger partial charge in [-0.05, 0) is 0 Å². The van der Waals surface area contributed by atoms with Crippen LogP contribution in [0.4, 0.5) is 0 Å². The summed E-state index contributed by atoms with van der Waals surface area (Å²) in [5.41, 5.74) is -7.44. The zero-order valence-corrected chi connectivity index (χ0v) is 13.3. The zero-order valence-electron chi connectivity index (χ0n) is 5.39. The van der Waals surface area contributed by atoms with Crippen LogP contribution in [-0.2, 0) is 81.7 Å². The quantitative estimate of drug-likeness (QED) is 0.233. The minimum absolute atomic E-state index is 0.